The van der Waals surface area contributed by atoms with Crippen molar-refractivity contribution in [3.63, 3.8) is 0 Å². The first-order valence-electron chi connectivity index (χ1n) is 15.1. The van der Waals surface area contributed by atoms with Crippen molar-refractivity contribution in [2.24, 2.45) is 0 Å². The van der Waals surface area contributed by atoms with E-state index in [0.29, 0.717) is 6.61 Å². The Labute approximate surface area is 269 Å². The SMILES string of the molecule is CN1C(=O)C2(CCC2)c2c1cnc1ccc(-c3cnc(OCCCN4CCOCC4)c(NS(=O)(=O)c4ccccc4)c3)cc21.Cl. The Morgan fingerprint density at radius 1 is 1.00 bits per heavy atom. The predicted molar refractivity (Wildman–Crippen MR) is 176 cm³/mol. The van der Waals surface area contributed by atoms with E-state index >= 15 is 0 Å². The standard InChI is InChI=1S/C33H35N5O5S.ClH/c1-37-29-22-34-27-10-9-23(19-26(27)30(29)33(32(37)39)11-5-12-33)24-20-28(36-44(40,41)25-7-3-2-4-8-25)31(35-21-24)43-16-6-13-38-14-17-42-18-15-38;/h2-4,7-10,19-22,36H,5-6,11-18H2,1H3;1H. The fraction of sp³-hybridized carbons (Fsp3) is 0.364. The van der Waals surface area contributed by atoms with Crippen LogP contribution in [-0.4, -0.2) is 75.7 Å². The molecule has 3 aliphatic rings. The number of rotatable bonds is 9. The zero-order valence-corrected chi connectivity index (χ0v) is 26.7. The highest BCUT2D eigenvalue weighted by Gasteiger charge is 2.54. The van der Waals surface area contributed by atoms with Gasteiger partial charge < -0.3 is 14.4 Å². The summed E-state index contributed by atoms with van der Waals surface area (Å²) < 4.78 is 40.9. The summed E-state index contributed by atoms with van der Waals surface area (Å²) in [6.45, 7) is 4.51. The highest BCUT2D eigenvalue weighted by molar-refractivity contribution is 7.92. The van der Waals surface area contributed by atoms with Gasteiger partial charge in [-0.2, -0.15) is 0 Å². The second-order valence-electron chi connectivity index (χ2n) is 11.7. The lowest BCUT2D eigenvalue weighted by molar-refractivity contribution is -0.125. The molecule has 10 nitrogen and oxygen atoms in total. The van der Waals surface area contributed by atoms with E-state index in [1.165, 1.54) is 0 Å². The Kier molecular flexibility index (Phi) is 8.71. The predicted octanol–water partition coefficient (Wildman–Crippen LogP) is 5.02. The molecule has 0 unspecified atom stereocenters. The van der Waals surface area contributed by atoms with Crippen LogP contribution in [0.5, 0.6) is 5.88 Å². The van der Waals surface area contributed by atoms with Crippen molar-refractivity contribution in [1.29, 1.82) is 0 Å². The van der Waals surface area contributed by atoms with Gasteiger partial charge in [-0.1, -0.05) is 30.7 Å². The minimum atomic E-state index is -3.89. The molecule has 2 aromatic carbocycles. The van der Waals surface area contributed by atoms with Crippen LogP contribution in [0.25, 0.3) is 22.0 Å². The molecule has 1 saturated carbocycles. The number of morpholine rings is 1. The third-order valence-electron chi connectivity index (χ3n) is 9.05. The topological polar surface area (TPSA) is 114 Å². The van der Waals surface area contributed by atoms with Gasteiger partial charge >= 0.3 is 0 Å². The van der Waals surface area contributed by atoms with Crippen LogP contribution in [0.1, 0.15) is 31.2 Å². The normalized spacial score (nSPS) is 17.5. The zero-order chi connectivity index (χ0) is 30.3. The molecule has 45 heavy (non-hydrogen) atoms. The fourth-order valence-corrected chi connectivity index (χ4v) is 7.60. The van der Waals surface area contributed by atoms with E-state index in [0.717, 1.165) is 91.8 Å². The van der Waals surface area contributed by atoms with E-state index in [4.69, 9.17) is 9.47 Å². The Morgan fingerprint density at radius 3 is 2.51 bits per heavy atom. The van der Waals surface area contributed by atoms with Crippen LogP contribution in [0.2, 0.25) is 0 Å². The Balaban J connectivity index is 0.00000357. The molecule has 1 N–H and O–H groups in total. The molecule has 7 rings (SSSR count). The molecule has 2 aromatic heterocycles. The average Bonchev–Trinajstić information content (AvgIpc) is 3.27. The van der Waals surface area contributed by atoms with Gasteiger partial charge in [-0.05, 0) is 55.2 Å². The summed E-state index contributed by atoms with van der Waals surface area (Å²) in [5.74, 6) is 0.354. The molecular weight excluding hydrogens is 614 g/mol. The van der Waals surface area contributed by atoms with Crippen LogP contribution in [-0.2, 0) is 25.0 Å². The molecule has 4 heterocycles. The van der Waals surface area contributed by atoms with Crippen molar-refractivity contribution in [3.8, 4) is 17.0 Å². The van der Waals surface area contributed by atoms with Gasteiger partial charge in [0, 0.05) is 49.4 Å². The quantitative estimate of drug-likeness (QED) is 0.252. The van der Waals surface area contributed by atoms with E-state index in [-0.39, 0.29) is 34.8 Å². The van der Waals surface area contributed by atoms with Gasteiger partial charge in [0.25, 0.3) is 10.0 Å². The summed E-state index contributed by atoms with van der Waals surface area (Å²) in [5, 5.41) is 0.937. The number of halogens is 1. The van der Waals surface area contributed by atoms with Gasteiger partial charge in [0.2, 0.25) is 11.8 Å². The van der Waals surface area contributed by atoms with Crippen LogP contribution in [0.3, 0.4) is 0 Å². The van der Waals surface area contributed by atoms with Crippen molar-refractivity contribution < 1.29 is 22.7 Å². The van der Waals surface area contributed by atoms with Gasteiger partial charge in [0.1, 0.15) is 5.69 Å². The van der Waals surface area contributed by atoms with E-state index in [1.807, 2.05) is 25.2 Å². The molecule has 2 aliphatic heterocycles. The number of pyridine rings is 2. The molecule has 0 atom stereocenters. The van der Waals surface area contributed by atoms with Gasteiger partial charge in [-0.25, -0.2) is 13.4 Å². The number of aromatic nitrogens is 2. The molecule has 0 radical (unpaired) electrons. The second-order valence-corrected chi connectivity index (χ2v) is 13.4. The third-order valence-corrected chi connectivity index (χ3v) is 10.4. The minimum Gasteiger partial charge on any atom is -0.476 e. The average molecular weight is 650 g/mol. The molecular formula is C33H36ClN5O5S. The number of nitrogens with zero attached hydrogens (tertiary/aromatic N) is 4. The first-order valence-corrected chi connectivity index (χ1v) is 16.6. The number of amides is 1. The molecule has 1 amide bonds. The second kappa shape index (κ2) is 12.6. The van der Waals surface area contributed by atoms with Crippen LogP contribution in [0.15, 0.2) is 71.9 Å². The lowest BCUT2D eigenvalue weighted by atomic mass is 9.64. The van der Waals surface area contributed by atoms with Crippen molar-refractivity contribution in [2.75, 3.05) is 56.1 Å². The maximum atomic E-state index is 13.4. The number of anilines is 2. The summed E-state index contributed by atoms with van der Waals surface area (Å²) in [4.78, 5) is 26.7. The fourth-order valence-electron chi connectivity index (χ4n) is 6.53. The van der Waals surface area contributed by atoms with Crippen molar-refractivity contribution in [3.05, 3.63) is 72.6 Å². The van der Waals surface area contributed by atoms with Crippen LogP contribution in [0.4, 0.5) is 11.4 Å². The Bertz CT molecular complexity index is 1830. The number of hydrogen-bond donors (Lipinski definition) is 1. The van der Waals surface area contributed by atoms with Gasteiger partial charge in [-0.15, -0.1) is 12.4 Å². The summed E-state index contributed by atoms with van der Waals surface area (Å²) in [6, 6.07) is 15.9. The number of fused-ring (bicyclic) bond motifs is 4. The maximum Gasteiger partial charge on any atom is 0.262 e. The number of nitrogens with one attached hydrogen (secondary N) is 1. The first-order chi connectivity index (χ1) is 21.4. The van der Waals surface area contributed by atoms with E-state index in [2.05, 4.69) is 19.6 Å². The Hall–Kier alpha value is -3.77. The molecule has 1 saturated heterocycles. The van der Waals surface area contributed by atoms with Crippen LogP contribution < -0.4 is 14.4 Å². The molecule has 1 aliphatic carbocycles. The summed E-state index contributed by atoms with van der Waals surface area (Å²) in [5.41, 5.74) is 4.06. The summed E-state index contributed by atoms with van der Waals surface area (Å²) in [6.07, 6.45) is 6.95. The third kappa shape index (κ3) is 5.74. The van der Waals surface area contributed by atoms with Crippen molar-refractivity contribution in [2.45, 2.75) is 36.0 Å². The van der Waals surface area contributed by atoms with E-state index < -0.39 is 15.4 Å². The number of hydrogen-bond acceptors (Lipinski definition) is 8. The lowest BCUT2D eigenvalue weighted by Crippen LogP contribution is -2.43. The number of likely N-dealkylation sites (N-methyl/N-ethyl adjacent to an activating group) is 1. The molecule has 1 spiro atoms. The van der Waals surface area contributed by atoms with E-state index in [9.17, 15) is 13.2 Å². The summed E-state index contributed by atoms with van der Waals surface area (Å²) >= 11 is 0. The summed E-state index contributed by atoms with van der Waals surface area (Å²) in [7, 11) is -2.07. The molecule has 0 bridgehead atoms. The number of sulfonamides is 1. The van der Waals surface area contributed by atoms with Crippen molar-refractivity contribution >= 4 is 50.6 Å². The number of carbonyl (C=O) groups is 1. The largest absolute Gasteiger partial charge is 0.476 e. The molecule has 2 fully saturated rings. The van der Waals surface area contributed by atoms with E-state index in [1.54, 1.807) is 53.7 Å². The van der Waals surface area contributed by atoms with Crippen LogP contribution >= 0.6 is 12.4 Å². The molecule has 4 aromatic rings. The van der Waals surface area contributed by atoms with Gasteiger partial charge in [-0.3, -0.25) is 19.4 Å². The Morgan fingerprint density at radius 2 is 1.78 bits per heavy atom. The number of benzene rings is 2. The smallest absolute Gasteiger partial charge is 0.262 e. The highest BCUT2D eigenvalue weighted by Crippen LogP contribution is 2.55. The van der Waals surface area contributed by atoms with Gasteiger partial charge in [0.15, 0.2) is 0 Å². The zero-order valence-electron chi connectivity index (χ0n) is 25.1. The van der Waals surface area contributed by atoms with Crippen LogP contribution in [0, 0.1) is 0 Å². The monoisotopic (exact) mass is 649 g/mol. The lowest BCUT2D eigenvalue weighted by Gasteiger charge is -2.37. The first kappa shape index (κ1) is 31.2. The number of carbonyl (C=O) groups excluding carboxylic acids is 1. The maximum absolute atomic E-state index is 13.4. The minimum absolute atomic E-state index is 0. The van der Waals surface area contributed by atoms with Gasteiger partial charge in [0.05, 0.1) is 47.5 Å². The molecule has 236 valence electrons. The van der Waals surface area contributed by atoms with Crippen molar-refractivity contribution in [1.82, 2.24) is 14.9 Å². The molecule has 12 heteroatoms. The number of ether oxygens (including phenoxy) is 2. The highest BCUT2D eigenvalue weighted by atomic mass is 35.5.